The number of carbonyl (C=O) groups excluding carboxylic acids is 1. The van der Waals surface area contributed by atoms with Gasteiger partial charge in [0.2, 0.25) is 12.5 Å². The summed E-state index contributed by atoms with van der Waals surface area (Å²) in [5, 5.41) is 16.9. The molecular formula is C17H18N4O7. The van der Waals surface area contributed by atoms with Crippen molar-refractivity contribution in [2.75, 3.05) is 19.2 Å². The van der Waals surface area contributed by atoms with Crippen molar-refractivity contribution in [1.29, 1.82) is 0 Å². The van der Waals surface area contributed by atoms with Crippen LogP contribution >= 0.6 is 0 Å². The Labute approximate surface area is 158 Å². The van der Waals surface area contributed by atoms with Gasteiger partial charge in [-0.1, -0.05) is 0 Å². The Kier molecular flexibility index (Phi) is 4.02. The Morgan fingerprint density at radius 2 is 2.07 bits per heavy atom. The third-order valence-electron chi connectivity index (χ3n) is 4.88. The van der Waals surface area contributed by atoms with E-state index in [1.807, 2.05) is 13.8 Å². The molecule has 2 N–H and O–H groups in total. The second kappa shape index (κ2) is 6.29. The minimum absolute atomic E-state index is 0.0193. The number of fused-ring (bicyclic) bond motifs is 2. The third kappa shape index (κ3) is 2.50. The van der Waals surface area contributed by atoms with E-state index in [1.165, 1.54) is 17.9 Å². The Bertz CT molecular complexity index is 1040. The van der Waals surface area contributed by atoms with Crippen molar-refractivity contribution in [3.63, 3.8) is 0 Å². The lowest BCUT2D eigenvalue weighted by Gasteiger charge is -2.27. The molecule has 0 aliphatic carbocycles. The van der Waals surface area contributed by atoms with Crippen LogP contribution in [0.4, 0.5) is 5.82 Å². The number of amides is 1. The fraction of sp³-hybridized carbons (Fsp3) is 0.412. The van der Waals surface area contributed by atoms with Gasteiger partial charge >= 0.3 is 11.9 Å². The summed E-state index contributed by atoms with van der Waals surface area (Å²) in [5.41, 5.74) is -0.0287. The minimum atomic E-state index is -1.68. The fourth-order valence-electron chi connectivity index (χ4n) is 3.66. The first kappa shape index (κ1) is 17.9. The van der Waals surface area contributed by atoms with E-state index in [2.05, 4.69) is 10.4 Å². The van der Waals surface area contributed by atoms with Gasteiger partial charge in [-0.25, -0.2) is 0 Å². The monoisotopic (exact) mass is 390 g/mol. The molecule has 4 rings (SSSR count). The van der Waals surface area contributed by atoms with Gasteiger partial charge in [-0.2, -0.15) is 0 Å². The number of nitrogens with zero attached hydrogens (tertiary/aromatic N) is 2. The van der Waals surface area contributed by atoms with Crippen LogP contribution < -0.4 is 25.1 Å². The first-order chi connectivity index (χ1) is 13.3. The summed E-state index contributed by atoms with van der Waals surface area (Å²) in [6.45, 7) is 3.62. The highest BCUT2D eigenvalue weighted by molar-refractivity contribution is 5.98. The molecule has 1 aromatic heterocycles. The number of methoxy groups -OCH3 is 1. The molecule has 0 saturated heterocycles. The average Bonchev–Trinajstić information content (AvgIpc) is 3.24. The van der Waals surface area contributed by atoms with Gasteiger partial charge in [0.05, 0.1) is 18.6 Å². The van der Waals surface area contributed by atoms with Crippen LogP contribution in [0, 0.1) is 10.1 Å². The maximum Gasteiger partial charge on any atom is 0.301 e. The van der Waals surface area contributed by atoms with Crippen LogP contribution in [0.1, 0.15) is 36.9 Å². The zero-order valence-corrected chi connectivity index (χ0v) is 15.3. The van der Waals surface area contributed by atoms with Gasteiger partial charge in [0.1, 0.15) is 5.82 Å². The van der Waals surface area contributed by atoms with Gasteiger partial charge < -0.3 is 19.5 Å². The number of benzene rings is 1. The van der Waals surface area contributed by atoms with Gasteiger partial charge in [-0.15, -0.1) is 0 Å². The van der Waals surface area contributed by atoms with Crippen LogP contribution in [0.15, 0.2) is 16.9 Å². The summed E-state index contributed by atoms with van der Waals surface area (Å²) in [5.74, 6) is -0.677. The van der Waals surface area contributed by atoms with Crippen LogP contribution in [0.5, 0.6) is 17.2 Å². The van der Waals surface area contributed by atoms with Crippen molar-refractivity contribution >= 4 is 11.7 Å². The highest BCUT2D eigenvalue weighted by Gasteiger charge is 2.49. The number of ether oxygens (including phenoxy) is 3. The van der Waals surface area contributed by atoms with Crippen LogP contribution in [0.3, 0.4) is 0 Å². The van der Waals surface area contributed by atoms with Crippen molar-refractivity contribution in [2.24, 2.45) is 0 Å². The fourth-order valence-corrected chi connectivity index (χ4v) is 3.66. The van der Waals surface area contributed by atoms with E-state index in [1.54, 1.807) is 6.07 Å². The zero-order valence-electron chi connectivity index (χ0n) is 15.3. The standard InChI is InChI=1S/C17H18N4O7/c1-7(2)20-15-12(16(22)19-20)11(13(21(24)25)17(23)18-15)8-4-9(26-3)14-10(5-8)27-6-28-14/h4-5,7,11,13H,6H2,1-3H3,(H,18,23)(H,19,22)/t11-,13-/m0/s1. The number of hydrogen-bond donors (Lipinski definition) is 2. The van der Waals surface area contributed by atoms with Crippen LogP contribution in [0.25, 0.3) is 0 Å². The molecule has 148 valence electrons. The molecule has 28 heavy (non-hydrogen) atoms. The summed E-state index contributed by atoms with van der Waals surface area (Å²) in [6, 6.07) is 1.22. The Hall–Kier alpha value is -3.50. The first-order valence-electron chi connectivity index (χ1n) is 8.59. The molecule has 2 atom stereocenters. The van der Waals surface area contributed by atoms with Gasteiger partial charge in [-0.05, 0) is 31.5 Å². The predicted molar refractivity (Wildman–Crippen MR) is 95.8 cm³/mol. The van der Waals surface area contributed by atoms with E-state index >= 15 is 0 Å². The third-order valence-corrected chi connectivity index (χ3v) is 4.88. The smallest absolute Gasteiger partial charge is 0.301 e. The molecule has 0 spiro atoms. The van der Waals surface area contributed by atoms with E-state index in [0.29, 0.717) is 22.8 Å². The predicted octanol–water partition coefficient (Wildman–Crippen LogP) is 1.22. The highest BCUT2D eigenvalue weighted by Crippen LogP contribution is 2.46. The second-order valence-corrected chi connectivity index (χ2v) is 6.82. The molecule has 0 radical (unpaired) electrons. The molecule has 0 fully saturated rings. The van der Waals surface area contributed by atoms with E-state index in [9.17, 15) is 19.7 Å². The molecule has 1 aromatic carbocycles. The summed E-state index contributed by atoms with van der Waals surface area (Å²) >= 11 is 0. The molecule has 0 saturated carbocycles. The Morgan fingerprint density at radius 1 is 1.32 bits per heavy atom. The molecule has 3 heterocycles. The molecule has 11 heteroatoms. The lowest BCUT2D eigenvalue weighted by atomic mass is 9.83. The lowest BCUT2D eigenvalue weighted by molar-refractivity contribution is -0.509. The SMILES string of the molecule is COc1cc([C@H]2c3c(n(C(C)C)[nH]c3=O)NC(=O)[C@H]2[N+](=O)[O-])cc2c1OCO2. The van der Waals surface area contributed by atoms with E-state index in [0.717, 1.165) is 0 Å². The molecule has 11 nitrogen and oxygen atoms in total. The van der Waals surface area contributed by atoms with Crippen molar-refractivity contribution in [3.05, 3.63) is 43.7 Å². The molecule has 0 bridgehead atoms. The number of carbonyl (C=O) groups is 1. The van der Waals surface area contributed by atoms with Crippen LogP contribution in [-0.2, 0) is 4.79 Å². The number of nitrogens with one attached hydrogen (secondary N) is 2. The van der Waals surface area contributed by atoms with Gasteiger partial charge in [0, 0.05) is 11.0 Å². The maximum absolute atomic E-state index is 12.7. The maximum atomic E-state index is 12.7. The van der Waals surface area contributed by atoms with Crippen molar-refractivity contribution in [2.45, 2.75) is 31.8 Å². The Balaban J connectivity index is 1.98. The Morgan fingerprint density at radius 3 is 2.71 bits per heavy atom. The molecule has 1 amide bonds. The molecule has 2 aliphatic heterocycles. The number of anilines is 1. The van der Waals surface area contributed by atoms with Gasteiger partial charge in [0.25, 0.3) is 5.56 Å². The number of nitro groups is 1. The second-order valence-electron chi connectivity index (χ2n) is 6.82. The number of rotatable bonds is 4. The summed E-state index contributed by atoms with van der Waals surface area (Å²) < 4.78 is 17.5. The van der Waals surface area contributed by atoms with E-state index < -0.39 is 28.3 Å². The molecule has 2 aromatic rings. The van der Waals surface area contributed by atoms with Crippen LogP contribution in [0.2, 0.25) is 0 Å². The first-order valence-corrected chi connectivity index (χ1v) is 8.59. The molecule has 0 unspecified atom stereocenters. The minimum Gasteiger partial charge on any atom is -0.493 e. The number of aromatic amines is 1. The highest BCUT2D eigenvalue weighted by atomic mass is 16.7. The average molecular weight is 390 g/mol. The van der Waals surface area contributed by atoms with Crippen molar-refractivity contribution in [1.82, 2.24) is 9.78 Å². The van der Waals surface area contributed by atoms with E-state index in [4.69, 9.17) is 14.2 Å². The normalized spacial score (nSPS) is 20.1. The topological polar surface area (TPSA) is 138 Å². The molecular weight excluding hydrogens is 372 g/mol. The zero-order chi connectivity index (χ0) is 20.2. The van der Waals surface area contributed by atoms with Gasteiger partial charge in [0.15, 0.2) is 11.5 Å². The number of H-pyrrole nitrogens is 1. The van der Waals surface area contributed by atoms with Gasteiger partial charge in [-0.3, -0.25) is 29.5 Å². The van der Waals surface area contributed by atoms with E-state index in [-0.39, 0.29) is 24.2 Å². The molecule has 2 aliphatic rings. The van der Waals surface area contributed by atoms with Crippen molar-refractivity contribution < 1.29 is 23.9 Å². The largest absolute Gasteiger partial charge is 0.493 e. The lowest BCUT2D eigenvalue weighted by Crippen LogP contribution is -2.45. The summed E-state index contributed by atoms with van der Waals surface area (Å²) in [6.07, 6.45) is 0. The summed E-state index contributed by atoms with van der Waals surface area (Å²) in [4.78, 5) is 36.3. The van der Waals surface area contributed by atoms with Crippen molar-refractivity contribution in [3.8, 4) is 17.2 Å². The quantitative estimate of drug-likeness (QED) is 0.591. The number of hydrogen-bond acceptors (Lipinski definition) is 7. The summed E-state index contributed by atoms with van der Waals surface area (Å²) in [7, 11) is 1.42. The number of aromatic nitrogens is 2. The van der Waals surface area contributed by atoms with Crippen LogP contribution in [-0.4, -0.2) is 40.6 Å².